The maximum atomic E-state index is 11.6. The summed E-state index contributed by atoms with van der Waals surface area (Å²) in [6.07, 6.45) is 4.58. The second-order valence-corrected chi connectivity index (χ2v) is 3.12. The van der Waals surface area contributed by atoms with Crippen molar-refractivity contribution in [3.63, 3.8) is 0 Å². The molecule has 1 atom stereocenters. The van der Waals surface area contributed by atoms with Gasteiger partial charge in [-0.3, -0.25) is 4.79 Å². The number of nitrogens with two attached hydrogens (primary N) is 1. The lowest BCUT2D eigenvalue weighted by atomic mass is 10.0. The van der Waals surface area contributed by atoms with Gasteiger partial charge in [0.1, 0.15) is 12.0 Å². The van der Waals surface area contributed by atoms with Crippen LogP contribution in [0.25, 0.3) is 0 Å². The number of nitrogens with one attached hydrogen (secondary N) is 1. The molecule has 5 nitrogen and oxygen atoms in total. The first-order chi connectivity index (χ1) is 6.77. The SMILES string of the molecule is CCCC(CN)C(=O)Nc1cnoc1. The van der Waals surface area contributed by atoms with E-state index in [1.54, 1.807) is 0 Å². The van der Waals surface area contributed by atoms with E-state index in [0.717, 1.165) is 12.8 Å². The number of hydrogen-bond acceptors (Lipinski definition) is 4. The first-order valence-corrected chi connectivity index (χ1v) is 4.68. The summed E-state index contributed by atoms with van der Waals surface area (Å²) in [4.78, 5) is 11.6. The monoisotopic (exact) mass is 197 g/mol. The van der Waals surface area contributed by atoms with E-state index in [0.29, 0.717) is 12.2 Å². The highest BCUT2D eigenvalue weighted by atomic mass is 16.5. The van der Waals surface area contributed by atoms with E-state index in [9.17, 15) is 4.79 Å². The Balaban J connectivity index is 2.47. The Morgan fingerprint density at radius 1 is 1.79 bits per heavy atom. The van der Waals surface area contributed by atoms with Crippen LogP contribution in [0.15, 0.2) is 17.0 Å². The summed E-state index contributed by atoms with van der Waals surface area (Å²) in [5.41, 5.74) is 6.06. The molecule has 78 valence electrons. The average Bonchev–Trinajstić information content (AvgIpc) is 2.66. The van der Waals surface area contributed by atoms with Crippen molar-refractivity contribution in [1.29, 1.82) is 0 Å². The van der Waals surface area contributed by atoms with Gasteiger partial charge in [0.15, 0.2) is 0 Å². The Labute approximate surface area is 82.6 Å². The number of carbonyl (C=O) groups excluding carboxylic acids is 1. The largest absolute Gasteiger partial charge is 0.363 e. The Bertz CT molecular complexity index is 272. The lowest BCUT2D eigenvalue weighted by molar-refractivity contribution is -0.119. The minimum atomic E-state index is -0.130. The molecule has 1 aromatic rings. The predicted octanol–water partition coefficient (Wildman–Crippen LogP) is 0.988. The highest BCUT2D eigenvalue weighted by Gasteiger charge is 2.15. The normalized spacial score (nSPS) is 12.4. The lowest BCUT2D eigenvalue weighted by Crippen LogP contribution is -2.28. The van der Waals surface area contributed by atoms with Crippen molar-refractivity contribution in [2.75, 3.05) is 11.9 Å². The predicted molar refractivity (Wildman–Crippen MR) is 52.6 cm³/mol. The van der Waals surface area contributed by atoms with Gasteiger partial charge in [0, 0.05) is 6.54 Å². The first-order valence-electron chi connectivity index (χ1n) is 4.68. The van der Waals surface area contributed by atoms with Crippen LogP contribution in [0, 0.1) is 5.92 Å². The molecule has 5 heteroatoms. The number of anilines is 1. The molecule has 0 aliphatic rings. The zero-order chi connectivity index (χ0) is 10.4. The van der Waals surface area contributed by atoms with Crippen molar-refractivity contribution in [2.45, 2.75) is 19.8 Å². The first kappa shape index (κ1) is 10.7. The summed E-state index contributed by atoms with van der Waals surface area (Å²) in [5, 5.41) is 6.17. The minimum Gasteiger partial charge on any atom is -0.363 e. The molecule has 0 aliphatic heterocycles. The standard InChI is InChI=1S/C9H15N3O2/c1-2-3-7(4-10)9(13)12-8-5-11-14-6-8/h5-7H,2-4,10H2,1H3,(H,12,13). The van der Waals surface area contributed by atoms with Crippen molar-refractivity contribution in [1.82, 2.24) is 5.16 Å². The van der Waals surface area contributed by atoms with Crippen LogP contribution in [0.4, 0.5) is 5.69 Å². The topological polar surface area (TPSA) is 81.2 Å². The molecule has 0 spiro atoms. The van der Waals surface area contributed by atoms with Gasteiger partial charge in [-0.25, -0.2) is 0 Å². The molecular formula is C9H15N3O2. The van der Waals surface area contributed by atoms with E-state index in [1.807, 2.05) is 6.92 Å². The molecule has 1 unspecified atom stereocenters. The number of hydrogen-bond donors (Lipinski definition) is 2. The van der Waals surface area contributed by atoms with Gasteiger partial charge in [-0.1, -0.05) is 18.5 Å². The van der Waals surface area contributed by atoms with Gasteiger partial charge >= 0.3 is 0 Å². The van der Waals surface area contributed by atoms with Gasteiger partial charge in [0.25, 0.3) is 0 Å². The van der Waals surface area contributed by atoms with Crippen molar-refractivity contribution >= 4 is 11.6 Å². The maximum Gasteiger partial charge on any atom is 0.228 e. The van der Waals surface area contributed by atoms with Gasteiger partial charge in [-0.2, -0.15) is 0 Å². The summed E-state index contributed by atoms with van der Waals surface area (Å²) in [7, 11) is 0. The summed E-state index contributed by atoms with van der Waals surface area (Å²) < 4.78 is 4.59. The molecular weight excluding hydrogens is 182 g/mol. The Hall–Kier alpha value is -1.36. The molecule has 0 bridgehead atoms. The summed E-state index contributed by atoms with van der Waals surface area (Å²) in [6, 6.07) is 0. The van der Waals surface area contributed by atoms with Crippen molar-refractivity contribution in [2.24, 2.45) is 11.7 Å². The Morgan fingerprint density at radius 2 is 2.57 bits per heavy atom. The number of nitrogens with zero attached hydrogens (tertiary/aromatic N) is 1. The zero-order valence-corrected chi connectivity index (χ0v) is 8.19. The molecule has 0 aliphatic carbocycles. The fourth-order valence-corrected chi connectivity index (χ4v) is 1.22. The third-order valence-electron chi connectivity index (χ3n) is 1.99. The van der Waals surface area contributed by atoms with E-state index in [1.165, 1.54) is 12.5 Å². The van der Waals surface area contributed by atoms with Crippen LogP contribution in [0.5, 0.6) is 0 Å². The van der Waals surface area contributed by atoms with Gasteiger partial charge in [0.05, 0.1) is 12.1 Å². The molecule has 1 amide bonds. The molecule has 0 fully saturated rings. The molecule has 3 N–H and O–H groups in total. The quantitative estimate of drug-likeness (QED) is 0.737. The highest BCUT2D eigenvalue weighted by molar-refractivity contribution is 5.92. The molecule has 0 radical (unpaired) electrons. The second kappa shape index (κ2) is 5.39. The summed E-state index contributed by atoms with van der Waals surface area (Å²) >= 11 is 0. The van der Waals surface area contributed by atoms with Crippen LogP contribution in [0.2, 0.25) is 0 Å². The molecule has 0 saturated carbocycles. The highest BCUT2D eigenvalue weighted by Crippen LogP contribution is 2.10. The summed E-state index contributed by atoms with van der Waals surface area (Å²) in [5.74, 6) is -0.201. The van der Waals surface area contributed by atoms with Crippen LogP contribution in [0.3, 0.4) is 0 Å². The van der Waals surface area contributed by atoms with E-state index < -0.39 is 0 Å². The van der Waals surface area contributed by atoms with E-state index in [4.69, 9.17) is 5.73 Å². The minimum absolute atomic E-state index is 0.0717. The zero-order valence-electron chi connectivity index (χ0n) is 8.19. The van der Waals surface area contributed by atoms with Gasteiger partial charge in [-0.15, -0.1) is 0 Å². The maximum absolute atomic E-state index is 11.6. The molecule has 1 aromatic heterocycles. The fourth-order valence-electron chi connectivity index (χ4n) is 1.22. The van der Waals surface area contributed by atoms with Crippen LogP contribution in [0.1, 0.15) is 19.8 Å². The Kier molecular flexibility index (Phi) is 4.12. The number of rotatable bonds is 5. The third kappa shape index (κ3) is 2.85. The second-order valence-electron chi connectivity index (χ2n) is 3.12. The molecule has 0 saturated heterocycles. The average molecular weight is 197 g/mol. The molecule has 1 rings (SSSR count). The number of carbonyl (C=O) groups is 1. The molecule has 1 heterocycles. The van der Waals surface area contributed by atoms with Crippen molar-refractivity contribution < 1.29 is 9.32 Å². The van der Waals surface area contributed by atoms with Crippen LogP contribution in [-0.4, -0.2) is 17.6 Å². The van der Waals surface area contributed by atoms with Crippen LogP contribution < -0.4 is 11.1 Å². The van der Waals surface area contributed by atoms with Gasteiger partial charge in [-0.05, 0) is 6.42 Å². The molecule has 0 aromatic carbocycles. The van der Waals surface area contributed by atoms with E-state index >= 15 is 0 Å². The van der Waals surface area contributed by atoms with Crippen molar-refractivity contribution in [3.8, 4) is 0 Å². The van der Waals surface area contributed by atoms with E-state index in [2.05, 4.69) is 15.0 Å². The van der Waals surface area contributed by atoms with E-state index in [-0.39, 0.29) is 11.8 Å². The number of amides is 1. The smallest absolute Gasteiger partial charge is 0.228 e. The third-order valence-corrected chi connectivity index (χ3v) is 1.99. The lowest BCUT2D eigenvalue weighted by Gasteiger charge is -2.12. The van der Waals surface area contributed by atoms with Gasteiger partial charge in [0.2, 0.25) is 5.91 Å². The number of aromatic nitrogens is 1. The van der Waals surface area contributed by atoms with Crippen LogP contribution in [-0.2, 0) is 4.79 Å². The van der Waals surface area contributed by atoms with Crippen molar-refractivity contribution in [3.05, 3.63) is 12.5 Å². The fraction of sp³-hybridized carbons (Fsp3) is 0.556. The summed E-state index contributed by atoms with van der Waals surface area (Å²) in [6.45, 7) is 2.39. The molecule has 14 heavy (non-hydrogen) atoms. The van der Waals surface area contributed by atoms with Gasteiger partial charge < -0.3 is 15.6 Å². The Morgan fingerprint density at radius 3 is 3.07 bits per heavy atom. The van der Waals surface area contributed by atoms with Crippen LogP contribution >= 0.6 is 0 Å².